The molecule has 1 amide bonds. The zero-order valence-corrected chi connectivity index (χ0v) is 18.4. The number of carbonyl (C=O) groups excluding carboxylic acids is 1. The molecule has 0 aliphatic carbocycles. The molecular formula is C23H24N2O5S. The first-order valence-electron chi connectivity index (χ1n) is 9.79. The molecule has 0 aliphatic rings. The zero-order valence-electron chi connectivity index (χ0n) is 17.5. The lowest BCUT2D eigenvalue weighted by Crippen LogP contribution is -2.29. The topological polar surface area (TPSA) is 97.8 Å². The molecule has 0 saturated carbocycles. The molecule has 31 heavy (non-hydrogen) atoms. The van der Waals surface area contributed by atoms with Gasteiger partial charge in [-0.2, -0.15) is 0 Å². The van der Waals surface area contributed by atoms with Crippen LogP contribution in [0.1, 0.15) is 43.2 Å². The number of amides is 1. The Bertz CT molecular complexity index is 1060. The highest BCUT2D eigenvalue weighted by Gasteiger charge is 2.25. The molecule has 2 aromatic carbocycles. The number of ether oxygens (including phenoxy) is 2. The molecule has 0 atom stereocenters. The molecule has 0 radical (unpaired) electrons. The number of hydrogen-bond donors (Lipinski definition) is 2. The van der Waals surface area contributed by atoms with E-state index in [0.29, 0.717) is 29.2 Å². The van der Waals surface area contributed by atoms with Crippen molar-refractivity contribution in [1.29, 1.82) is 0 Å². The van der Waals surface area contributed by atoms with E-state index in [9.17, 15) is 14.7 Å². The third-order valence-electron chi connectivity index (χ3n) is 4.63. The van der Waals surface area contributed by atoms with Crippen molar-refractivity contribution in [1.82, 2.24) is 4.98 Å². The number of benzene rings is 2. The van der Waals surface area contributed by atoms with Crippen LogP contribution in [-0.4, -0.2) is 27.8 Å². The number of carbonyl (C=O) groups is 2. The van der Waals surface area contributed by atoms with Gasteiger partial charge in [-0.05, 0) is 38.0 Å². The third-order valence-corrected chi connectivity index (χ3v) is 5.63. The van der Waals surface area contributed by atoms with E-state index < -0.39 is 17.7 Å². The molecular weight excluding hydrogens is 416 g/mol. The maximum Gasteiger partial charge on any atom is 0.413 e. The van der Waals surface area contributed by atoms with Crippen LogP contribution in [0.5, 0.6) is 5.75 Å². The highest BCUT2D eigenvalue weighted by atomic mass is 32.1. The highest BCUT2D eigenvalue weighted by Crippen LogP contribution is 2.39. The minimum atomic E-state index is -1.19. The van der Waals surface area contributed by atoms with Crippen molar-refractivity contribution >= 4 is 28.5 Å². The number of thiazole rings is 1. The van der Waals surface area contributed by atoms with E-state index in [-0.39, 0.29) is 10.8 Å². The van der Waals surface area contributed by atoms with Crippen molar-refractivity contribution < 1.29 is 24.2 Å². The monoisotopic (exact) mass is 440 g/mol. The summed E-state index contributed by atoms with van der Waals surface area (Å²) in [6.45, 7) is 5.83. The Morgan fingerprint density at radius 1 is 1.10 bits per heavy atom. The predicted molar refractivity (Wildman–Crippen MR) is 120 cm³/mol. The van der Waals surface area contributed by atoms with Crippen LogP contribution in [0.2, 0.25) is 0 Å². The number of anilines is 1. The number of aromatic carboxylic acids is 1. The molecule has 2 N–H and O–H groups in total. The fourth-order valence-electron chi connectivity index (χ4n) is 2.65. The Kier molecular flexibility index (Phi) is 6.91. The number of nitrogens with one attached hydrogen (secondary N) is 1. The van der Waals surface area contributed by atoms with Gasteiger partial charge in [0.05, 0.1) is 4.88 Å². The largest absolute Gasteiger partial charge is 0.488 e. The standard InChI is InChI=1S/C23H24N2O5S/c1-4-23(2,3)30-22(28)25-21-24-18(20(26)27)19(31-21)16-12-8-9-13-17(16)29-14-15-10-6-5-7-11-15/h5-13H,4,14H2,1-3H3,(H,26,27)(H,24,25,28). The molecule has 0 aliphatic heterocycles. The van der Waals surface area contributed by atoms with Crippen molar-refractivity contribution in [3.05, 3.63) is 65.9 Å². The second-order valence-corrected chi connectivity index (χ2v) is 8.40. The van der Waals surface area contributed by atoms with E-state index in [1.165, 1.54) is 0 Å². The van der Waals surface area contributed by atoms with Gasteiger partial charge in [-0.25, -0.2) is 14.6 Å². The number of hydrogen-bond acceptors (Lipinski definition) is 6. The number of carboxylic acids is 1. The van der Waals surface area contributed by atoms with Crippen molar-refractivity contribution in [3.63, 3.8) is 0 Å². The molecule has 1 aromatic heterocycles. The van der Waals surface area contributed by atoms with Crippen LogP contribution in [0.3, 0.4) is 0 Å². The number of aromatic nitrogens is 1. The minimum Gasteiger partial charge on any atom is -0.488 e. The molecule has 3 rings (SSSR count). The van der Waals surface area contributed by atoms with Gasteiger partial charge in [-0.15, -0.1) is 0 Å². The second-order valence-electron chi connectivity index (χ2n) is 7.40. The summed E-state index contributed by atoms with van der Waals surface area (Å²) in [5.74, 6) is -0.668. The Morgan fingerprint density at radius 2 is 1.77 bits per heavy atom. The second kappa shape index (κ2) is 9.61. The van der Waals surface area contributed by atoms with Crippen LogP contribution in [0, 0.1) is 0 Å². The average molecular weight is 441 g/mol. The lowest BCUT2D eigenvalue weighted by Gasteiger charge is -2.22. The van der Waals surface area contributed by atoms with Crippen LogP contribution >= 0.6 is 11.3 Å². The maximum absolute atomic E-state index is 12.2. The molecule has 1 heterocycles. The van der Waals surface area contributed by atoms with Crippen molar-refractivity contribution in [2.24, 2.45) is 0 Å². The summed E-state index contributed by atoms with van der Waals surface area (Å²) in [6.07, 6.45) is -0.0477. The molecule has 0 bridgehead atoms. The Balaban J connectivity index is 1.87. The molecule has 8 heteroatoms. The number of nitrogens with zero attached hydrogens (tertiary/aromatic N) is 1. The summed E-state index contributed by atoms with van der Waals surface area (Å²) in [4.78, 5) is 28.5. The van der Waals surface area contributed by atoms with Crippen LogP contribution in [0.25, 0.3) is 10.4 Å². The minimum absolute atomic E-state index is 0.141. The lowest BCUT2D eigenvalue weighted by atomic mass is 10.1. The van der Waals surface area contributed by atoms with E-state index in [4.69, 9.17) is 9.47 Å². The summed E-state index contributed by atoms with van der Waals surface area (Å²) >= 11 is 1.05. The number of carboxylic acid groups (broad SMARTS) is 1. The van der Waals surface area contributed by atoms with Crippen LogP contribution < -0.4 is 10.1 Å². The normalized spacial score (nSPS) is 11.1. The summed E-state index contributed by atoms with van der Waals surface area (Å²) in [7, 11) is 0. The predicted octanol–water partition coefficient (Wildman–Crippen LogP) is 5.82. The van der Waals surface area contributed by atoms with Gasteiger partial charge in [-0.3, -0.25) is 5.32 Å². The summed E-state index contributed by atoms with van der Waals surface area (Å²) in [5.41, 5.74) is 0.774. The summed E-state index contributed by atoms with van der Waals surface area (Å²) < 4.78 is 11.3. The Hall–Kier alpha value is -3.39. The van der Waals surface area contributed by atoms with Crippen LogP contribution in [0.15, 0.2) is 54.6 Å². The number of rotatable bonds is 8. The maximum atomic E-state index is 12.2. The van der Waals surface area contributed by atoms with E-state index in [1.807, 2.05) is 43.3 Å². The average Bonchev–Trinajstić information content (AvgIpc) is 3.16. The van der Waals surface area contributed by atoms with Gasteiger partial charge in [0.2, 0.25) is 0 Å². The van der Waals surface area contributed by atoms with Gasteiger partial charge in [0.1, 0.15) is 18.0 Å². The first-order chi connectivity index (χ1) is 14.8. The van der Waals surface area contributed by atoms with Gasteiger partial charge < -0.3 is 14.6 Å². The molecule has 162 valence electrons. The van der Waals surface area contributed by atoms with Gasteiger partial charge in [0, 0.05) is 5.56 Å². The fraction of sp³-hybridized carbons (Fsp3) is 0.261. The third kappa shape index (κ3) is 5.82. The first kappa shape index (κ1) is 22.3. The van der Waals surface area contributed by atoms with Crippen molar-refractivity contribution in [2.75, 3.05) is 5.32 Å². The van der Waals surface area contributed by atoms with Crippen LogP contribution in [0.4, 0.5) is 9.93 Å². The van der Waals surface area contributed by atoms with E-state index in [0.717, 1.165) is 16.9 Å². The van der Waals surface area contributed by atoms with E-state index in [1.54, 1.807) is 32.0 Å². The van der Waals surface area contributed by atoms with E-state index >= 15 is 0 Å². The molecule has 7 nitrogen and oxygen atoms in total. The Morgan fingerprint density at radius 3 is 2.45 bits per heavy atom. The molecule has 0 spiro atoms. The molecule has 3 aromatic rings. The lowest BCUT2D eigenvalue weighted by molar-refractivity contribution is 0.0461. The van der Waals surface area contributed by atoms with Crippen molar-refractivity contribution in [3.8, 4) is 16.2 Å². The van der Waals surface area contributed by atoms with Gasteiger partial charge >= 0.3 is 12.1 Å². The van der Waals surface area contributed by atoms with E-state index in [2.05, 4.69) is 10.3 Å². The SMILES string of the molecule is CCC(C)(C)OC(=O)Nc1nc(C(=O)O)c(-c2ccccc2OCc2ccccc2)s1. The van der Waals surface area contributed by atoms with Crippen molar-refractivity contribution in [2.45, 2.75) is 39.4 Å². The number of para-hydroxylation sites is 1. The molecule has 0 saturated heterocycles. The summed E-state index contributed by atoms with van der Waals surface area (Å²) in [6, 6.07) is 16.8. The smallest absolute Gasteiger partial charge is 0.413 e. The van der Waals surface area contributed by atoms with Gasteiger partial charge in [0.25, 0.3) is 0 Å². The molecule has 0 fully saturated rings. The Labute approximate surface area is 184 Å². The van der Waals surface area contributed by atoms with Gasteiger partial charge in [0.15, 0.2) is 10.8 Å². The zero-order chi connectivity index (χ0) is 22.4. The molecule has 0 unspecified atom stereocenters. The first-order valence-corrected chi connectivity index (χ1v) is 10.6. The van der Waals surface area contributed by atoms with Crippen LogP contribution in [-0.2, 0) is 11.3 Å². The summed E-state index contributed by atoms with van der Waals surface area (Å²) in [5, 5.41) is 12.3. The fourth-order valence-corrected chi connectivity index (χ4v) is 3.63. The quantitative estimate of drug-likeness (QED) is 0.458. The highest BCUT2D eigenvalue weighted by molar-refractivity contribution is 7.19. The van der Waals surface area contributed by atoms with Gasteiger partial charge in [-0.1, -0.05) is 60.7 Å².